The van der Waals surface area contributed by atoms with Gasteiger partial charge in [-0.3, -0.25) is 10.1 Å². The van der Waals surface area contributed by atoms with Gasteiger partial charge in [0.25, 0.3) is 0 Å². The molecule has 0 saturated carbocycles. The summed E-state index contributed by atoms with van der Waals surface area (Å²) in [6.45, 7) is 6.98. The van der Waals surface area contributed by atoms with E-state index in [1.807, 2.05) is 0 Å². The molecule has 2 rings (SSSR count). The third-order valence-corrected chi connectivity index (χ3v) is 3.82. The fourth-order valence-electron chi connectivity index (χ4n) is 1.80. The van der Waals surface area contributed by atoms with Crippen molar-refractivity contribution in [1.29, 1.82) is 0 Å². The molecule has 0 fully saturated rings. The monoisotopic (exact) mass is 322 g/mol. The van der Waals surface area contributed by atoms with Crippen LogP contribution in [0, 0.1) is 0 Å². The van der Waals surface area contributed by atoms with Crippen LogP contribution >= 0.6 is 11.3 Å². The molecular formula is C15H18N2O4S. The van der Waals surface area contributed by atoms with Gasteiger partial charge in [0.1, 0.15) is 5.60 Å². The maximum Gasteiger partial charge on any atom is 0.413 e. The van der Waals surface area contributed by atoms with Crippen molar-refractivity contribution in [3.05, 3.63) is 23.8 Å². The molecule has 1 heterocycles. The molecule has 0 spiro atoms. The molecule has 0 radical (unpaired) electrons. The number of ether oxygens (including phenoxy) is 1. The molecule has 1 unspecified atom stereocenters. The Bertz CT molecular complexity index is 718. The van der Waals surface area contributed by atoms with E-state index in [1.165, 1.54) is 11.3 Å². The number of hydrogen-bond acceptors (Lipinski definition) is 5. The predicted molar refractivity (Wildman–Crippen MR) is 85.5 cm³/mol. The van der Waals surface area contributed by atoms with Gasteiger partial charge >= 0.3 is 12.1 Å². The minimum Gasteiger partial charge on any atom is -0.481 e. The van der Waals surface area contributed by atoms with Crippen LogP contribution in [0.2, 0.25) is 0 Å². The van der Waals surface area contributed by atoms with Gasteiger partial charge in [0.05, 0.1) is 16.1 Å². The van der Waals surface area contributed by atoms with E-state index in [0.717, 1.165) is 4.70 Å². The molecule has 0 aliphatic rings. The standard InChI is InChI=1S/C15H18N2O4S/c1-8(12(18)19)9-5-6-10-11(7-9)22-13(16-10)17-14(20)21-15(2,3)4/h5-8H,1-4H3,(H,18,19)(H,16,17,20). The molecular weight excluding hydrogens is 304 g/mol. The highest BCUT2D eigenvalue weighted by atomic mass is 32.1. The smallest absolute Gasteiger partial charge is 0.413 e. The lowest BCUT2D eigenvalue weighted by Gasteiger charge is -2.18. The average molecular weight is 322 g/mol. The summed E-state index contributed by atoms with van der Waals surface area (Å²) in [6, 6.07) is 5.27. The van der Waals surface area contributed by atoms with Crippen molar-refractivity contribution in [1.82, 2.24) is 4.98 Å². The van der Waals surface area contributed by atoms with Gasteiger partial charge in [-0.05, 0) is 45.4 Å². The van der Waals surface area contributed by atoms with Crippen LogP contribution in [0.25, 0.3) is 10.2 Å². The zero-order valence-electron chi connectivity index (χ0n) is 12.8. The second-order valence-corrected chi connectivity index (χ2v) is 6.96. The van der Waals surface area contributed by atoms with Crippen molar-refractivity contribution < 1.29 is 19.4 Å². The Morgan fingerprint density at radius 3 is 2.64 bits per heavy atom. The number of fused-ring (bicyclic) bond motifs is 1. The quantitative estimate of drug-likeness (QED) is 0.896. The predicted octanol–water partition coefficient (Wildman–Crippen LogP) is 3.83. The van der Waals surface area contributed by atoms with Crippen LogP contribution in [0.4, 0.5) is 9.93 Å². The number of carbonyl (C=O) groups is 2. The summed E-state index contributed by atoms with van der Waals surface area (Å²) in [5.74, 6) is -1.47. The summed E-state index contributed by atoms with van der Waals surface area (Å²) in [4.78, 5) is 27.0. The molecule has 118 valence electrons. The topological polar surface area (TPSA) is 88.5 Å². The van der Waals surface area contributed by atoms with Gasteiger partial charge in [-0.2, -0.15) is 0 Å². The van der Waals surface area contributed by atoms with Crippen LogP contribution in [0.5, 0.6) is 0 Å². The van der Waals surface area contributed by atoms with Crippen LogP contribution in [-0.4, -0.2) is 27.8 Å². The van der Waals surface area contributed by atoms with Gasteiger partial charge in [-0.1, -0.05) is 17.4 Å². The van der Waals surface area contributed by atoms with E-state index in [0.29, 0.717) is 16.2 Å². The molecule has 0 bridgehead atoms. The number of amides is 1. The van der Waals surface area contributed by atoms with E-state index in [4.69, 9.17) is 9.84 Å². The Hall–Kier alpha value is -2.15. The number of rotatable bonds is 3. The number of carbonyl (C=O) groups excluding carboxylic acids is 1. The first-order chi connectivity index (χ1) is 10.2. The first-order valence-corrected chi connectivity index (χ1v) is 7.60. The summed E-state index contributed by atoms with van der Waals surface area (Å²) in [5.41, 5.74) is 0.829. The summed E-state index contributed by atoms with van der Waals surface area (Å²) >= 11 is 1.28. The number of nitrogens with zero attached hydrogens (tertiary/aromatic N) is 1. The van der Waals surface area contributed by atoms with Crippen molar-refractivity contribution in [2.45, 2.75) is 39.2 Å². The number of aliphatic carboxylic acids is 1. The number of benzene rings is 1. The number of thiazole rings is 1. The molecule has 6 nitrogen and oxygen atoms in total. The SMILES string of the molecule is CC(C(=O)O)c1ccc2nc(NC(=O)OC(C)(C)C)sc2c1. The second kappa shape index (κ2) is 5.92. The number of hydrogen-bond donors (Lipinski definition) is 2. The van der Waals surface area contributed by atoms with E-state index in [9.17, 15) is 9.59 Å². The first kappa shape index (κ1) is 16.2. The van der Waals surface area contributed by atoms with Crippen LogP contribution < -0.4 is 5.32 Å². The zero-order chi connectivity index (χ0) is 16.5. The maximum atomic E-state index is 11.7. The van der Waals surface area contributed by atoms with Crippen LogP contribution in [0.3, 0.4) is 0 Å². The van der Waals surface area contributed by atoms with E-state index in [2.05, 4.69) is 10.3 Å². The molecule has 2 aromatic rings. The molecule has 2 N–H and O–H groups in total. The van der Waals surface area contributed by atoms with Crippen LogP contribution in [0.1, 0.15) is 39.2 Å². The van der Waals surface area contributed by atoms with Gasteiger partial charge in [0.15, 0.2) is 5.13 Å². The molecule has 0 aliphatic heterocycles. The molecule has 0 aliphatic carbocycles. The molecule has 1 amide bonds. The van der Waals surface area contributed by atoms with E-state index in [-0.39, 0.29) is 0 Å². The lowest BCUT2D eigenvalue weighted by molar-refractivity contribution is -0.138. The molecule has 0 saturated heterocycles. The number of carboxylic acids is 1. The van der Waals surface area contributed by atoms with E-state index < -0.39 is 23.6 Å². The molecule has 22 heavy (non-hydrogen) atoms. The maximum absolute atomic E-state index is 11.7. The minimum atomic E-state index is -0.879. The highest BCUT2D eigenvalue weighted by Gasteiger charge is 2.18. The third kappa shape index (κ3) is 3.94. The molecule has 1 atom stereocenters. The number of aromatic nitrogens is 1. The Morgan fingerprint density at radius 1 is 1.36 bits per heavy atom. The number of anilines is 1. The lowest BCUT2D eigenvalue weighted by Crippen LogP contribution is -2.27. The highest BCUT2D eigenvalue weighted by molar-refractivity contribution is 7.22. The van der Waals surface area contributed by atoms with Gasteiger partial charge in [-0.25, -0.2) is 9.78 Å². The van der Waals surface area contributed by atoms with E-state index >= 15 is 0 Å². The first-order valence-electron chi connectivity index (χ1n) is 6.79. The second-order valence-electron chi connectivity index (χ2n) is 5.93. The lowest BCUT2D eigenvalue weighted by atomic mass is 10.0. The summed E-state index contributed by atoms with van der Waals surface area (Å²) in [7, 11) is 0. The van der Waals surface area contributed by atoms with Crippen LogP contribution in [-0.2, 0) is 9.53 Å². The Kier molecular flexibility index (Phi) is 4.37. The van der Waals surface area contributed by atoms with Crippen molar-refractivity contribution in [3.8, 4) is 0 Å². The summed E-state index contributed by atoms with van der Waals surface area (Å²) < 4.78 is 5.99. The Morgan fingerprint density at radius 2 is 2.05 bits per heavy atom. The van der Waals surface area contributed by atoms with Crippen molar-refractivity contribution in [3.63, 3.8) is 0 Å². The normalized spacial score (nSPS) is 12.9. The van der Waals surface area contributed by atoms with Gasteiger partial charge in [0, 0.05) is 0 Å². The zero-order valence-corrected chi connectivity index (χ0v) is 13.7. The Balaban J connectivity index is 2.20. The highest BCUT2D eigenvalue weighted by Crippen LogP contribution is 2.29. The van der Waals surface area contributed by atoms with Gasteiger partial charge < -0.3 is 9.84 Å². The minimum absolute atomic E-state index is 0.421. The summed E-state index contributed by atoms with van der Waals surface area (Å²) in [6.07, 6.45) is -0.564. The van der Waals surface area contributed by atoms with Crippen LogP contribution in [0.15, 0.2) is 18.2 Å². The average Bonchev–Trinajstić information content (AvgIpc) is 2.75. The van der Waals surface area contributed by atoms with Crippen molar-refractivity contribution >= 4 is 38.7 Å². The Labute approximate surface area is 132 Å². The van der Waals surface area contributed by atoms with E-state index in [1.54, 1.807) is 45.9 Å². The van der Waals surface area contributed by atoms with Gasteiger partial charge in [-0.15, -0.1) is 0 Å². The fourth-order valence-corrected chi connectivity index (χ4v) is 2.70. The van der Waals surface area contributed by atoms with Crippen molar-refractivity contribution in [2.24, 2.45) is 0 Å². The fraction of sp³-hybridized carbons (Fsp3) is 0.400. The molecule has 7 heteroatoms. The largest absolute Gasteiger partial charge is 0.481 e. The molecule has 1 aromatic carbocycles. The summed E-state index contributed by atoms with van der Waals surface area (Å²) in [5, 5.41) is 12.1. The van der Waals surface area contributed by atoms with Crippen molar-refractivity contribution in [2.75, 3.05) is 5.32 Å². The van der Waals surface area contributed by atoms with Gasteiger partial charge in [0.2, 0.25) is 0 Å². The number of nitrogens with one attached hydrogen (secondary N) is 1. The number of carboxylic acid groups (broad SMARTS) is 1. The third-order valence-electron chi connectivity index (χ3n) is 2.89. The molecule has 1 aromatic heterocycles.